The van der Waals surface area contributed by atoms with Crippen molar-refractivity contribution in [1.29, 1.82) is 0 Å². The molecule has 0 aliphatic rings. The lowest BCUT2D eigenvalue weighted by molar-refractivity contribution is -0.384. The van der Waals surface area contributed by atoms with E-state index in [1.807, 2.05) is 0 Å². The zero-order chi connectivity index (χ0) is 16.9. The Hall–Kier alpha value is -2.36. The number of hydrogen-bond acceptors (Lipinski definition) is 5. The van der Waals surface area contributed by atoms with Gasteiger partial charge >= 0.3 is 6.18 Å². The molecule has 0 aromatic heterocycles. The number of rotatable bonds is 6. The van der Waals surface area contributed by atoms with Gasteiger partial charge in [-0.2, -0.15) is 13.2 Å². The molecule has 0 saturated carbocycles. The van der Waals surface area contributed by atoms with Crippen molar-refractivity contribution in [3.05, 3.63) is 33.9 Å². The van der Waals surface area contributed by atoms with E-state index in [0.29, 0.717) is 6.07 Å². The fourth-order valence-electron chi connectivity index (χ4n) is 1.62. The molecule has 0 spiro atoms. The van der Waals surface area contributed by atoms with E-state index >= 15 is 0 Å². The number of nitro benzene ring substituents is 1. The standard InChI is InChI=1S/C12H15F3N4O3/c1-18(2)17-11(20)5-6-16-9-4-3-8(12(13,14)15)7-10(9)19(21)22/h3-4,7,16H,5-6H2,1-2H3,(H,17,20). The normalized spacial score (nSPS) is 11.4. The molecular formula is C12H15F3N4O3. The molecule has 0 bridgehead atoms. The number of alkyl halides is 3. The summed E-state index contributed by atoms with van der Waals surface area (Å²) < 4.78 is 37.6. The first kappa shape index (κ1) is 17.7. The molecule has 0 atom stereocenters. The Kier molecular flexibility index (Phi) is 5.69. The Labute approximate surface area is 124 Å². The van der Waals surface area contributed by atoms with Crippen LogP contribution in [0.15, 0.2) is 18.2 Å². The molecule has 0 heterocycles. The van der Waals surface area contributed by atoms with Crippen molar-refractivity contribution in [3.63, 3.8) is 0 Å². The van der Waals surface area contributed by atoms with Gasteiger partial charge in [0.25, 0.3) is 5.69 Å². The van der Waals surface area contributed by atoms with Gasteiger partial charge in [0.2, 0.25) is 5.91 Å². The van der Waals surface area contributed by atoms with Gasteiger partial charge in [-0.1, -0.05) is 0 Å². The lowest BCUT2D eigenvalue weighted by atomic mass is 10.1. The van der Waals surface area contributed by atoms with Crippen LogP contribution in [0.2, 0.25) is 0 Å². The quantitative estimate of drug-likeness (QED) is 0.618. The van der Waals surface area contributed by atoms with Crippen molar-refractivity contribution in [2.45, 2.75) is 12.6 Å². The fraction of sp³-hybridized carbons (Fsp3) is 0.417. The number of halogens is 3. The van der Waals surface area contributed by atoms with E-state index in [1.165, 1.54) is 5.01 Å². The van der Waals surface area contributed by atoms with Gasteiger partial charge in [-0.3, -0.25) is 20.3 Å². The average Bonchev–Trinajstić information content (AvgIpc) is 2.36. The topological polar surface area (TPSA) is 87.5 Å². The third-order valence-electron chi connectivity index (χ3n) is 2.54. The van der Waals surface area contributed by atoms with Crippen LogP contribution >= 0.6 is 0 Å². The molecule has 1 rings (SSSR count). The molecule has 22 heavy (non-hydrogen) atoms. The van der Waals surface area contributed by atoms with Gasteiger partial charge in [-0.25, -0.2) is 5.01 Å². The lowest BCUT2D eigenvalue weighted by Crippen LogP contribution is -2.36. The molecule has 0 saturated heterocycles. The molecule has 122 valence electrons. The average molecular weight is 320 g/mol. The molecule has 0 radical (unpaired) electrons. The van der Waals surface area contributed by atoms with Crippen molar-refractivity contribution in [3.8, 4) is 0 Å². The van der Waals surface area contributed by atoms with E-state index in [-0.39, 0.29) is 24.6 Å². The predicted octanol–water partition coefficient (Wildman–Crippen LogP) is 2.01. The van der Waals surface area contributed by atoms with Crippen LogP contribution in [0.5, 0.6) is 0 Å². The first-order valence-corrected chi connectivity index (χ1v) is 6.17. The zero-order valence-electron chi connectivity index (χ0n) is 11.9. The first-order chi connectivity index (χ1) is 10.1. The van der Waals surface area contributed by atoms with Crippen LogP contribution in [-0.2, 0) is 11.0 Å². The Morgan fingerprint density at radius 3 is 2.50 bits per heavy atom. The minimum Gasteiger partial charge on any atom is -0.379 e. The highest BCUT2D eigenvalue weighted by atomic mass is 19.4. The highest BCUT2D eigenvalue weighted by molar-refractivity contribution is 5.76. The van der Waals surface area contributed by atoms with Gasteiger partial charge in [0.1, 0.15) is 5.69 Å². The minimum atomic E-state index is -4.66. The largest absolute Gasteiger partial charge is 0.416 e. The van der Waals surface area contributed by atoms with Gasteiger partial charge in [0, 0.05) is 33.1 Å². The van der Waals surface area contributed by atoms with Crippen molar-refractivity contribution < 1.29 is 22.9 Å². The number of nitrogens with one attached hydrogen (secondary N) is 2. The molecule has 7 nitrogen and oxygen atoms in total. The summed E-state index contributed by atoms with van der Waals surface area (Å²) in [5, 5.41) is 14.9. The second-order valence-corrected chi connectivity index (χ2v) is 4.59. The van der Waals surface area contributed by atoms with Crippen molar-refractivity contribution in [2.75, 3.05) is 26.0 Å². The van der Waals surface area contributed by atoms with Crippen LogP contribution in [0.1, 0.15) is 12.0 Å². The molecule has 1 amide bonds. The highest BCUT2D eigenvalue weighted by Gasteiger charge is 2.32. The summed E-state index contributed by atoms with van der Waals surface area (Å²) >= 11 is 0. The zero-order valence-corrected chi connectivity index (χ0v) is 11.9. The van der Waals surface area contributed by atoms with Crippen LogP contribution in [-0.4, -0.2) is 36.5 Å². The molecule has 0 aliphatic carbocycles. The molecule has 0 aliphatic heterocycles. The summed E-state index contributed by atoms with van der Waals surface area (Å²) in [4.78, 5) is 21.3. The Morgan fingerprint density at radius 2 is 2.00 bits per heavy atom. The summed E-state index contributed by atoms with van der Waals surface area (Å²) in [6, 6.07) is 2.18. The molecule has 0 unspecified atom stereocenters. The van der Waals surface area contributed by atoms with E-state index in [4.69, 9.17) is 0 Å². The van der Waals surface area contributed by atoms with Crippen LogP contribution in [0.3, 0.4) is 0 Å². The smallest absolute Gasteiger partial charge is 0.379 e. The van der Waals surface area contributed by atoms with Crippen LogP contribution in [0, 0.1) is 10.1 Å². The van der Waals surface area contributed by atoms with Crippen LogP contribution in [0.25, 0.3) is 0 Å². The Bertz CT molecular complexity index is 561. The van der Waals surface area contributed by atoms with Gasteiger partial charge in [-0.05, 0) is 12.1 Å². The maximum Gasteiger partial charge on any atom is 0.416 e. The summed E-state index contributed by atoms with van der Waals surface area (Å²) in [5.41, 5.74) is 0.600. The summed E-state index contributed by atoms with van der Waals surface area (Å²) in [6.45, 7) is 0.0475. The number of carbonyl (C=O) groups is 1. The van der Waals surface area contributed by atoms with E-state index in [0.717, 1.165) is 12.1 Å². The van der Waals surface area contributed by atoms with Crippen molar-refractivity contribution in [2.24, 2.45) is 0 Å². The van der Waals surface area contributed by atoms with E-state index < -0.39 is 22.4 Å². The fourth-order valence-corrected chi connectivity index (χ4v) is 1.62. The summed E-state index contributed by atoms with van der Waals surface area (Å²) in [5.74, 6) is -0.327. The molecule has 0 fully saturated rings. The predicted molar refractivity (Wildman–Crippen MR) is 73.0 cm³/mol. The first-order valence-electron chi connectivity index (χ1n) is 6.17. The Balaban J connectivity index is 2.79. The molecule has 2 N–H and O–H groups in total. The summed E-state index contributed by atoms with van der Waals surface area (Å²) in [6.07, 6.45) is -4.65. The van der Waals surface area contributed by atoms with E-state index in [9.17, 15) is 28.1 Å². The monoisotopic (exact) mass is 320 g/mol. The third-order valence-corrected chi connectivity index (χ3v) is 2.54. The number of nitro groups is 1. The second kappa shape index (κ2) is 7.07. The Morgan fingerprint density at radius 1 is 1.36 bits per heavy atom. The molecular weight excluding hydrogens is 305 g/mol. The highest BCUT2D eigenvalue weighted by Crippen LogP contribution is 2.34. The number of benzene rings is 1. The maximum absolute atomic E-state index is 12.5. The van der Waals surface area contributed by atoms with E-state index in [2.05, 4.69) is 10.7 Å². The van der Waals surface area contributed by atoms with E-state index in [1.54, 1.807) is 14.1 Å². The number of hydrogen-bond donors (Lipinski definition) is 2. The number of anilines is 1. The van der Waals surface area contributed by atoms with Gasteiger partial charge in [0.05, 0.1) is 10.5 Å². The molecule has 1 aromatic carbocycles. The number of carbonyl (C=O) groups excluding carboxylic acids is 1. The third kappa shape index (κ3) is 5.20. The number of hydrazine groups is 1. The van der Waals surface area contributed by atoms with Crippen LogP contribution in [0.4, 0.5) is 24.5 Å². The second-order valence-electron chi connectivity index (χ2n) is 4.59. The van der Waals surface area contributed by atoms with Crippen molar-refractivity contribution >= 4 is 17.3 Å². The minimum absolute atomic E-state index is 0.0103. The van der Waals surface area contributed by atoms with Gasteiger partial charge in [0.15, 0.2) is 0 Å². The SMILES string of the molecule is CN(C)NC(=O)CCNc1ccc(C(F)(F)F)cc1[N+](=O)[O-]. The molecule has 10 heteroatoms. The van der Waals surface area contributed by atoms with Crippen LogP contribution < -0.4 is 10.7 Å². The lowest BCUT2D eigenvalue weighted by Gasteiger charge is -2.13. The summed E-state index contributed by atoms with van der Waals surface area (Å²) in [7, 11) is 3.23. The number of amides is 1. The number of nitrogens with zero attached hydrogens (tertiary/aromatic N) is 2. The van der Waals surface area contributed by atoms with Gasteiger partial charge in [-0.15, -0.1) is 0 Å². The van der Waals surface area contributed by atoms with Gasteiger partial charge < -0.3 is 5.32 Å². The maximum atomic E-state index is 12.5. The van der Waals surface area contributed by atoms with Crippen molar-refractivity contribution in [1.82, 2.24) is 10.4 Å². The molecule has 1 aromatic rings.